The summed E-state index contributed by atoms with van der Waals surface area (Å²) in [5.41, 5.74) is 1.85. The lowest BCUT2D eigenvalue weighted by Crippen LogP contribution is -2.42. The van der Waals surface area contributed by atoms with Crippen LogP contribution in [0.4, 0.5) is 0 Å². The zero-order valence-corrected chi connectivity index (χ0v) is 14.0. The Morgan fingerprint density at radius 1 is 0.958 bits per heavy atom. The number of phenols is 1. The predicted octanol–water partition coefficient (Wildman–Crippen LogP) is 3.13. The normalized spacial score (nSPS) is 11.0. The summed E-state index contributed by atoms with van der Waals surface area (Å²) in [7, 11) is 0. The van der Waals surface area contributed by atoms with Crippen LogP contribution >= 0.6 is 0 Å². The lowest BCUT2D eigenvalue weighted by molar-refractivity contribution is -0.125. The molecule has 0 radical (unpaired) electrons. The number of carbonyl (C=O) groups is 2. The van der Waals surface area contributed by atoms with Gasteiger partial charge in [-0.25, -0.2) is 4.79 Å². The molecule has 5 nitrogen and oxygen atoms in total. The Morgan fingerprint density at radius 2 is 1.46 bits per heavy atom. The molecule has 2 aromatic carbocycles. The van der Waals surface area contributed by atoms with Crippen molar-refractivity contribution in [1.29, 1.82) is 0 Å². The van der Waals surface area contributed by atoms with Gasteiger partial charge in [0.2, 0.25) is 0 Å². The lowest BCUT2D eigenvalue weighted by atomic mass is 10.0. The monoisotopic (exact) mass is 327 g/mol. The molecule has 0 unspecified atom stereocenters. The van der Waals surface area contributed by atoms with Gasteiger partial charge < -0.3 is 15.2 Å². The molecular weight excluding hydrogens is 306 g/mol. The zero-order valence-electron chi connectivity index (χ0n) is 14.0. The number of hydrogen-bond acceptors (Lipinski definition) is 4. The van der Waals surface area contributed by atoms with E-state index in [4.69, 9.17) is 4.74 Å². The van der Waals surface area contributed by atoms with Gasteiger partial charge in [-0.2, -0.15) is 0 Å². The third-order valence-electron chi connectivity index (χ3n) is 3.17. The van der Waals surface area contributed by atoms with Gasteiger partial charge in [0.05, 0.1) is 5.56 Å². The molecule has 0 aromatic heterocycles. The molecule has 0 bridgehead atoms. The van der Waals surface area contributed by atoms with E-state index in [9.17, 15) is 14.7 Å². The van der Waals surface area contributed by atoms with E-state index in [2.05, 4.69) is 5.32 Å². The van der Waals surface area contributed by atoms with Crippen LogP contribution in [0.15, 0.2) is 48.5 Å². The van der Waals surface area contributed by atoms with Gasteiger partial charge in [-0.15, -0.1) is 0 Å². The van der Waals surface area contributed by atoms with Crippen LogP contribution in [-0.2, 0) is 9.53 Å². The Labute approximate surface area is 141 Å². The van der Waals surface area contributed by atoms with Crippen molar-refractivity contribution >= 4 is 11.9 Å². The fourth-order valence-corrected chi connectivity index (χ4v) is 2.12. The van der Waals surface area contributed by atoms with Gasteiger partial charge in [0, 0.05) is 5.54 Å². The highest BCUT2D eigenvalue weighted by molar-refractivity contribution is 5.92. The van der Waals surface area contributed by atoms with E-state index in [-0.39, 0.29) is 23.8 Å². The Morgan fingerprint density at radius 3 is 1.96 bits per heavy atom. The number of aromatic hydroxyl groups is 1. The highest BCUT2D eigenvalue weighted by Gasteiger charge is 2.16. The number of esters is 1. The maximum atomic E-state index is 12.0. The number of phenolic OH excluding ortho intramolecular Hbond substituents is 1. The summed E-state index contributed by atoms with van der Waals surface area (Å²) in [5, 5.41) is 12.0. The van der Waals surface area contributed by atoms with Crippen molar-refractivity contribution < 1.29 is 19.4 Å². The molecule has 0 aliphatic carbocycles. The summed E-state index contributed by atoms with van der Waals surface area (Å²) < 4.78 is 5.01. The second kappa shape index (κ2) is 7.17. The van der Waals surface area contributed by atoms with Crippen LogP contribution in [-0.4, -0.2) is 29.1 Å². The maximum absolute atomic E-state index is 12.0. The number of benzene rings is 2. The smallest absolute Gasteiger partial charge is 0.338 e. The van der Waals surface area contributed by atoms with Crippen LogP contribution < -0.4 is 5.32 Å². The molecule has 1 amide bonds. The van der Waals surface area contributed by atoms with Crippen LogP contribution in [0.3, 0.4) is 0 Å². The van der Waals surface area contributed by atoms with Gasteiger partial charge in [0.15, 0.2) is 6.61 Å². The van der Waals surface area contributed by atoms with Crippen molar-refractivity contribution in [1.82, 2.24) is 5.32 Å². The molecule has 0 fully saturated rings. The Kier molecular flexibility index (Phi) is 5.24. The molecule has 2 aromatic rings. The molecule has 0 saturated heterocycles. The first-order valence-corrected chi connectivity index (χ1v) is 7.62. The lowest BCUT2D eigenvalue weighted by Gasteiger charge is -2.20. The van der Waals surface area contributed by atoms with Crippen LogP contribution in [0.2, 0.25) is 0 Å². The fraction of sp³-hybridized carbons (Fsp3) is 0.263. The Hall–Kier alpha value is -2.82. The first kappa shape index (κ1) is 17.5. The van der Waals surface area contributed by atoms with Gasteiger partial charge >= 0.3 is 5.97 Å². The minimum atomic E-state index is -0.545. The quantitative estimate of drug-likeness (QED) is 0.846. The van der Waals surface area contributed by atoms with Crippen molar-refractivity contribution in [2.45, 2.75) is 26.3 Å². The van der Waals surface area contributed by atoms with Crippen LogP contribution in [0.25, 0.3) is 11.1 Å². The SMILES string of the molecule is CC(C)(C)NC(=O)COC(=O)c1ccc(-c2ccc(O)cc2)cc1. The molecule has 0 heterocycles. The van der Waals surface area contributed by atoms with Gasteiger partial charge in [-0.3, -0.25) is 4.79 Å². The maximum Gasteiger partial charge on any atom is 0.338 e. The highest BCUT2D eigenvalue weighted by atomic mass is 16.5. The van der Waals surface area contributed by atoms with E-state index in [0.29, 0.717) is 5.56 Å². The average molecular weight is 327 g/mol. The minimum Gasteiger partial charge on any atom is -0.508 e. The number of nitrogens with one attached hydrogen (secondary N) is 1. The number of amides is 1. The second-order valence-corrected chi connectivity index (χ2v) is 6.50. The molecule has 2 N–H and O–H groups in total. The van der Waals surface area contributed by atoms with Crippen LogP contribution in [0.1, 0.15) is 31.1 Å². The Balaban J connectivity index is 1.96. The topological polar surface area (TPSA) is 75.6 Å². The third kappa shape index (κ3) is 5.12. The third-order valence-corrected chi connectivity index (χ3v) is 3.17. The van der Waals surface area contributed by atoms with Crippen molar-refractivity contribution in [3.05, 3.63) is 54.1 Å². The molecule has 126 valence electrons. The van der Waals surface area contributed by atoms with Crippen LogP contribution in [0.5, 0.6) is 5.75 Å². The molecule has 0 aliphatic heterocycles. The molecule has 2 rings (SSSR count). The fourth-order valence-electron chi connectivity index (χ4n) is 2.12. The van der Waals surface area contributed by atoms with Gasteiger partial charge in [0.1, 0.15) is 5.75 Å². The molecule has 0 aliphatic rings. The number of carbonyl (C=O) groups excluding carboxylic acids is 2. The summed E-state index contributed by atoms with van der Waals surface area (Å²) >= 11 is 0. The number of rotatable bonds is 4. The first-order valence-electron chi connectivity index (χ1n) is 7.62. The number of hydrogen-bond donors (Lipinski definition) is 2. The highest BCUT2D eigenvalue weighted by Crippen LogP contribution is 2.22. The van der Waals surface area contributed by atoms with E-state index in [1.807, 2.05) is 20.8 Å². The standard InChI is InChI=1S/C19H21NO4/c1-19(2,3)20-17(22)12-24-18(23)15-6-4-13(5-7-15)14-8-10-16(21)11-9-14/h4-11,21H,12H2,1-3H3,(H,20,22). The minimum absolute atomic E-state index is 0.201. The number of ether oxygens (including phenoxy) is 1. The summed E-state index contributed by atoms with van der Waals surface area (Å²) in [6, 6.07) is 13.7. The molecule has 0 atom stereocenters. The molecule has 24 heavy (non-hydrogen) atoms. The molecule has 0 saturated carbocycles. The van der Waals surface area contributed by atoms with Crippen molar-refractivity contribution in [2.75, 3.05) is 6.61 Å². The first-order chi connectivity index (χ1) is 11.2. The molecule has 0 spiro atoms. The molecule has 5 heteroatoms. The van der Waals surface area contributed by atoms with E-state index in [1.54, 1.807) is 48.5 Å². The summed E-state index contributed by atoms with van der Waals surface area (Å²) in [4.78, 5) is 23.6. The Bertz CT molecular complexity index is 713. The van der Waals surface area contributed by atoms with Gasteiger partial charge in [-0.1, -0.05) is 24.3 Å². The largest absolute Gasteiger partial charge is 0.508 e. The van der Waals surface area contributed by atoms with Crippen molar-refractivity contribution in [3.8, 4) is 16.9 Å². The average Bonchev–Trinajstić information content (AvgIpc) is 2.52. The van der Waals surface area contributed by atoms with E-state index in [0.717, 1.165) is 11.1 Å². The van der Waals surface area contributed by atoms with E-state index in [1.165, 1.54) is 0 Å². The van der Waals surface area contributed by atoms with Crippen molar-refractivity contribution in [3.63, 3.8) is 0 Å². The van der Waals surface area contributed by atoms with Crippen LogP contribution in [0, 0.1) is 0 Å². The summed E-state index contributed by atoms with van der Waals surface area (Å²) in [6.45, 7) is 5.26. The second-order valence-electron chi connectivity index (χ2n) is 6.50. The van der Waals surface area contributed by atoms with Crippen molar-refractivity contribution in [2.24, 2.45) is 0 Å². The zero-order chi connectivity index (χ0) is 17.7. The predicted molar refractivity (Wildman–Crippen MR) is 91.7 cm³/mol. The van der Waals surface area contributed by atoms with E-state index < -0.39 is 5.97 Å². The van der Waals surface area contributed by atoms with Gasteiger partial charge in [0.25, 0.3) is 5.91 Å². The summed E-state index contributed by atoms with van der Waals surface area (Å²) in [6.07, 6.45) is 0. The van der Waals surface area contributed by atoms with Gasteiger partial charge in [-0.05, 0) is 56.2 Å². The molecular formula is C19H21NO4. The van der Waals surface area contributed by atoms with E-state index >= 15 is 0 Å². The summed E-state index contributed by atoms with van der Waals surface area (Å²) in [5.74, 6) is -0.680.